The normalized spacial score (nSPS) is 17.2. The van der Waals surface area contributed by atoms with Crippen LogP contribution in [0, 0.1) is 11.8 Å². The monoisotopic (exact) mass is 460 g/mol. The number of hydrogen-bond acceptors (Lipinski definition) is 4. The van der Waals surface area contributed by atoms with Crippen molar-refractivity contribution in [2.24, 2.45) is 0 Å². The number of carbonyl (C=O) groups excluding carboxylic acids is 2. The number of carboxylic acid groups (broad SMARTS) is 1. The topological polar surface area (TPSA) is 95.9 Å². The van der Waals surface area contributed by atoms with Crippen molar-refractivity contribution in [3.05, 3.63) is 59.7 Å². The third kappa shape index (κ3) is 4.91. The number of likely N-dealkylation sites (tertiary alicyclic amines) is 1. The van der Waals surface area contributed by atoms with Crippen molar-refractivity contribution in [3.63, 3.8) is 0 Å². The number of amides is 2. The predicted octanol–water partition coefficient (Wildman–Crippen LogP) is 3.77. The van der Waals surface area contributed by atoms with Crippen LogP contribution in [0.1, 0.15) is 49.7 Å². The van der Waals surface area contributed by atoms with E-state index in [4.69, 9.17) is 9.84 Å². The van der Waals surface area contributed by atoms with Crippen LogP contribution >= 0.6 is 0 Å². The highest BCUT2D eigenvalue weighted by atomic mass is 16.5. The molecule has 0 saturated carbocycles. The van der Waals surface area contributed by atoms with Gasteiger partial charge in [0.05, 0.1) is 6.42 Å². The summed E-state index contributed by atoms with van der Waals surface area (Å²) >= 11 is 0. The lowest BCUT2D eigenvalue weighted by Crippen LogP contribution is -2.50. The van der Waals surface area contributed by atoms with Crippen LogP contribution in [0.3, 0.4) is 0 Å². The van der Waals surface area contributed by atoms with Crippen molar-refractivity contribution < 1.29 is 24.2 Å². The number of carboxylic acids is 1. The number of rotatable bonds is 7. The van der Waals surface area contributed by atoms with Gasteiger partial charge in [-0.3, -0.25) is 9.59 Å². The van der Waals surface area contributed by atoms with Crippen LogP contribution in [-0.4, -0.2) is 53.2 Å². The first-order valence-corrected chi connectivity index (χ1v) is 11.5. The number of benzene rings is 2. The number of hydrogen-bond donors (Lipinski definition) is 2. The highest BCUT2D eigenvalue weighted by Crippen LogP contribution is 2.44. The van der Waals surface area contributed by atoms with Crippen molar-refractivity contribution in [2.75, 3.05) is 13.2 Å². The quantitative estimate of drug-likeness (QED) is 0.613. The van der Waals surface area contributed by atoms with E-state index in [9.17, 15) is 14.4 Å². The van der Waals surface area contributed by atoms with E-state index in [2.05, 4.69) is 29.3 Å². The van der Waals surface area contributed by atoms with Gasteiger partial charge in [-0.25, -0.2) is 4.79 Å². The molecule has 0 aromatic heterocycles. The van der Waals surface area contributed by atoms with E-state index in [1.54, 1.807) is 11.8 Å². The summed E-state index contributed by atoms with van der Waals surface area (Å²) in [6.07, 6.45) is 0.710. The first kappa shape index (κ1) is 23.4. The maximum absolute atomic E-state index is 13.2. The number of nitrogens with one attached hydrogen (secondary N) is 1. The molecule has 1 aliphatic heterocycles. The van der Waals surface area contributed by atoms with Gasteiger partial charge < -0.3 is 20.1 Å². The molecule has 2 aromatic rings. The summed E-state index contributed by atoms with van der Waals surface area (Å²) in [7, 11) is 0. The van der Waals surface area contributed by atoms with Crippen LogP contribution in [0.5, 0.6) is 0 Å². The van der Waals surface area contributed by atoms with Crippen LogP contribution in [-0.2, 0) is 14.3 Å². The molecule has 1 unspecified atom stereocenters. The van der Waals surface area contributed by atoms with Gasteiger partial charge in [0.25, 0.3) is 0 Å². The number of carbonyl (C=O) groups is 3. The van der Waals surface area contributed by atoms with Gasteiger partial charge in [-0.2, -0.15) is 0 Å². The average Bonchev–Trinajstić information content (AvgIpc) is 3.42. The Labute approximate surface area is 199 Å². The van der Waals surface area contributed by atoms with Gasteiger partial charge in [0, 0.05) is 24.9 Å². The fraction of sp³-hybridized carbons (Fsp3) is 0.370. The molecule has 7 heteroatoms. The molecule has 2 aromatic carbocycles. The summed E-state index contributed by atoms with van der Waals surface area (Å²) in [4.78, 5) is 38.6. The molecule has 2 N–H and O–H groups in total. The second-order valence-corrected chi connectivity index (χ2v) is 8.58. The van der Waals surface area contributed by atoms with Crippen molar-refractivity contribution in [1.82, 2.24) is 10.2 Å². The second-order valence-electron chi connectivity index (χ2n) is 8.58. The molecule has 1 fully saturated rings. The summed E-state index contributed by atoms with van der Waals surface area (Å²) < 4.78 is 5.59. The maximum Gasteiger partial charge on any atom is 0.407 e. The van der Waals surface area contributed by atoms with E-state index >= 15 is 0 Å². The molecule has 1 aliphatic carbocycles. The zero-order chi connectivity index (χ0) is 24.1. The van der Waals surface area contributed by atoms with E-state index in [0.717, 1.165) is 28.7 Å². The van der Waals surface area contributed by atoms with Gasteiger partial charge >= 0.3 is 12.1 Å². The number of aliphatic carboxylic acids is 1. The summed E-state index contributed by atoms with van der Waals surface area (Å²) in [5.74, 6) is 4.26. The summed E-state index contributed by atoms with van der Waals surface area (Å²) in [6.45, 7) is 2.28. The van der Waals surface area contributed by atoms with E-state index in [-0.39, 0.29) is 37.3 Å². The minimum absolute atomic E-state index is 0.0822. The molecule has 176 valence electrons. The molecule has 34 heavy (non-hydrogen) atoms. The molecular formula is C27H28N2O5. The van der Waals surface area contributed by atoms with Crippen LogP contribution < -0.4 is 5.32 Å². The highest BCUT2D eigenvalue weighted by molar-refractivity contribution is 5.87. The van der Waals surface area contributed by atoms with E-state index in [0.29, 0.717) is 13.0 Å². The Balaban J connectivity index is 1.43. The first-order chi connectivity index (χ1) is 16.5. The molecule has 0 radical (unpaired) electrons. The average molecular weight is 461 g/mol. The van der Waals surface area contributed by atoms with Crippen LogP contribution in [0.15, 0.2) is 48.5 Å². The zero-order valence-corrected chi connectivity index (χ0v) is 19.1. The number of alkyl carbamates (subject to hydrolysis) is 1. The minimum Gasteiger partial charge on any atom is -0.481 e. The molecule has 2 aliphatic rings. The van der Waals surface area contributed by atoms with Gasteiger partial charge in [-0.05, 0) is 42.0 Å². The summed E-state index contributed by atoms with van der Waals surface area (Å²) in [5.41, 5.74) is 4.48. The molecule has 7 nitrogen and oxygen atoms in total. The van der Waals surface area contributed by atoms with Crippen molar-refractivity contribution >= 4 is 18.0 Å². The lowest BCUT2D eigenvalue weighted by atomic mass is 9.98. The Kier molecular flexibility index (Phi) is 7.17. The van der Waals surface area contributed by atoms with Crippen molar-refractivity contribution in [3.8, 4) is 23.0 Å². The van der Waals surface area contributed by atoms with Gasteiger partial charge in [0.1, 0.15) is 12.6 Å². The van der Waals surface area contributed by atoms with Crippen molar-refractivity contribution in [1.29, 1.82) is 0 Å². The lowest BCUT2D eigenvalue weighted by Gasteiger charge is -2.28. The van der Waals surface area contributed by atoms with Crippen LogP contribution in [0.2, 0.25) is 0 Å². The van der Waals surface area contributed by atoms with Crippen LogP contribution in [0.4, 0.5) is 4.79 Å². The predicted molar refractivity (Wildman–Crippen MR) is 127 cm³/mol. The van der Waals surface area contributed by atoms with Gasteiger partial charge in [0.2, 0.25) is 5.91 Å². The Morgan fingerprint density at radius 2 is 1.76 bits per heavy atom. The molecule has 1 heterocycles. The SMILES string of the molecule is CC#CCC(NC(=O)OCC1c2ccccc2-c2ccccc21)C(=O)N1CCC[C@H]1CC(=O)O. The first-order valence-electron chi connectivity index (χ1n) is 11.5. The highest BCUT2D eigenvalue weighted by Gasteiger charge is 2.35. The summed E-state index contributed by atoms with van der Waals surface area (Å²) in [5, 5.41) is 11.8. The van der Waals surface area contributed by atoms with Gasteiger partial charge in [-0.15, -0.1) is 11.8 Å². The van der Waals surface area contributed by atoms with E-state index < -0.39 is 18.1 Å². The number of fused-ring (bicyclic) bond motifs is 3. The Morgan fingerprint density at radius 3 is 2.38 bits per heavy atom. The standard InChI is InChI=1S/C27H28N2O5/c1-2-3-14-24(26(32)29-15-8-9-18(29)16-25(30)31)28-27(33)34-17-23-21-12-6-4-10-19(21)20-11-5-7-13-22(20)23/h4-7,10-13,18,23-24H,8-9,14-17H2,1H3,(H,28,33)(H,30,31)/t18-,24?/m0/s1. The molecule has 2 amide bonds. The second kappa shape index (κ2) is 10.4. The van der Waals surface area contributed by atoms with Gasteiger partial charge in [-0.1, -0.05) is 48.5 Å². The van der Waals surface area contributed by atoms with E-state index in [1.165, 1.54) is 0 Å². The maximum atomic E-state index is 13.2. The Bertz CT molecular complexity index is 1100. The number of ether oxygens (including phenoxy) is 1. The minimum atomic E-state index is -0.945. The Morgan fingerprint density at radius 1 is 1.12 bits per heavy atom. The van der Waals surface area contributed by atoms with Crippen molar-refractivity contribution in [2.45, 2.75) is 50.6 Å². The third-order valence-electron chi connectivity index (χ3n) is 6.49. The molecular weight excluding hydrogens is 432 g/mol. The fourth-order valence-corrected chi connectivity index (χ4v) is 4.93. The molecule has 4 rings (SSSR count). The van der Waals surface area contributed by atoms with E-state index in [1.807, 2.05) is 36.4 Å². The third-order valence-corrected chi connectivity index (χ3v) is 6.49. The smallest absolute Gasteiger partial charge is 0.407 e. The molecule has 0 bridgehead atoms. The Hall–Kier alpha value is -3.79. The fourth-order valence-electron chi connectivity index (χ4n) is 4.93. The zero-order valence-electron chi connectivity index (χ0n) is 19.1. The largest absolute Gasteiger partial charge is 0.481 e. The molecule has 2 atom stereocenters. The summed E-state index contributed by atoms with van der Waals surface area (Å²) in [6, 6.07) is 14.9. The lowest BCUT2D eigenvalue weighted by molar-refractivity contribution is -0.140. The number of nitrogens with zero attached hydrogens (tertiary/aromatic N) is 1. The molecule has 0 spiro atoms. The molecule has 1 saturated heterocycles. The van der Waals surface area contributed by atoms with Gasteiger partial charge in [0.15, 0.2) is 0 Å². The van der Waals surface area contributed by atoms with Crippen LogP contribution in [0.25, 0.3) is 11.1 Å².